The number of Topliss-reactive ketones (excluding diaryl/α,β-unsaturated/α-hetero) is 1. The number of carbonyl (C=O) groups is 2. The number of amides is 1. The lowest BCUT2D eigenvalue weighted by Gasteiger charge is -2.39. The van der Waals surface area contributed by atoms with Crippen LogP contribution < -0.4 is 11.1 Å². The third-order valence-electron chi connectivity index (χ3n) is 3.07. The summed E-state index contributed by atoms with van der Waals surface area (Å²) in [6.07, 6.45) is 2.51. The highest BCUT2D eigenvalue weighted by Crippen LogP contribution is 2.37. The first kappa shape index (κ1) is 11.8. The van der Waals surface area contributed by atoms with Crippen molar-refractivity contribution in [1.82, 2.24) is 5.32 Å². The molecule has 1 atom stereocenters. The fourth-order valence-electron chi connectivity index (χ4n) is 2.12. The lowest BCUT2D eigenvalue weighted by atomic mass is 9.69. The van der Waals surface area contributed by atoms with E-state index in [0.717, 1.165) is 0 Å². The predicted molar refractivity (Wildman–Crippen MR) is 57.9 cm³/mol. The lowest BCUT2D eigenvalue weighted by molar-refractivity contribution is -0.123. The number of carbonyl (C=O) groups excluding carboxylic acids is 2. The first-order valence-electron chi connectivity index (χ1n) is 5.12. The molecule has 1 saturated carbocycles. The van der Waals surface area contributed by atoms with Crippen molar-refractivity contribution in [1.29, 1.82) is 0 Å². The minimum absolute atomic E-state index is 0.0116. The Morgan fingerprint density at radius 2 is 2.20 bits per heavy atom. The molecule has 1 aliphatic rings. The highest BCUT2D eigenvalue weighted by molar-refractivity contribution is 5.97. The van der Waals surface area contributed by atoms with Gasteiger partial charge in [0, 0.05) is 36.6 Å². The molecule has 0 aromatic rings. The Labute approximate surface area is 89.9 Å². The maximum atomic E-state index is 11.6. The number of rotatable bonds is 1. The maximum absolute atomic E-state index is 11.6. The van der Waals surface area contributed by atoms with Gasteiger partial charge in [0.2, 0.25) is 5.91 Å². The lowest BCUT2D eigenvalue weighted by Crippen LogP contribution is -2.49. The molecule has 1 rings (SSSR count). The van der Waals surface area contributed by atoms with Crippen LogP contribution in [0.5, 0.6) is 0 Å². The van der Waals surface area contributed by atoms with Gasteiger partial charge in [-0.15, -0.1) is 0 Å². The van der Waals surface area contributed by atoms with Gasteiger partial charge in [0.05, 0.1) is 0 Å². The Balaban J connectivity index is 2.94. The van der Waals surface area contributed by atoms with Gasteiger partial charge in [-0.3, -0.25) is 9.59 Å². The smallest absolute Gasteiger partial charge is 0.217 e. The van der Waals surface area contributed by atoms with Crippen LogP contribution in [-0.4, -0.2) is 17.7 Å². The molecule has 0 saturated heterocycles. The average molecular weight is 210 g/mol. The van der Waals surface area contributed by atoms with Gasteiger partial charge in [-0.1, -0.05) is 13.8 Å². The molecule has 4 nitrogen and oxygen atoms in total. The molecule has 0 heterocycles. The summed E-state index contributed by atoms with van der Waals surface area (Å²) in [6.45, 7) is 5.35. The summed E-state index contributed by atoms with van der Waals surface area (Å²) >= 11 is 0. The Morgan fingerprint density at radius 1 is 1.60 bits per heavy atom. The van der Waals surface area contributed by atoms with Crippen molar-refractivity contribution in [2.45, 2.75) is 39.7 Å². The average Bonchev–Trinajstić information content (AvgIpc) is 2.10. The SMILES string of the molecule is CC(=O)NC1CCC(=O)C(=CN)C1(C)C. The van der Waals surface area contributed by atoms with E-state index in [1.54, 1.807) is 0 Å². The molecule has 0 aromatic carbocycles. The van der Waals surface area contributed by atoms with E-state index in [1.807, 2.05) is 13.8 Å². The van der Waals surface area contributed by atoms with Crippen LogP contribution in [-0.2, 0) is 9.59 Å². The van der Waals surface area contributed by atoms with Crippen LogP contribution in [0.3, 0.4) is 0 Å². The largest absolute Gasteiger partial charge is 0.404 e. The van der Waals surface area contributed by atoms with Gasteiger partial charge in [0.1, 0.15) is 0 Å². The maximum Gasteiger partial charge on any atom is 0.217 e. The predicted octanol–water partition coefficient (Wildman–Crippen LogP) is 0.723. The van der Waals surface area contributed by atoms with Crippen LogP contribution in [0.25, 0.3) is 0 Å². The number of nitrogens with two attached hydrogens (primary N) is 1. The van der Waals surface area contributed by atoms with Crippen LogP contribution in [0, 0.1) is 5.41 Å². The monoisotopic (exact) mass is 210 g/mol. The third kappa shape index (κ3) is 2.19. The molecule has 0 aliphatic heterocycles. The van der Waals surface area contributed by atoms with Crippen molar-refractivity contribution in [2.75, 3.05) is 0 Å². The van der Waals surface area contributed by atoms with Crippen molar-refractivity contribution in [3.05, 3.63) is 11.8 Å². The first-order valence-corrected chi connectivity index (χ1v) is 5.12. The molecule has 1 fully saturated rings. The van der Waals surface area contributed by atoms with Gasteiger partial charge in [-0.2, -0.15) is 0 Å². The number of ketones is 1. The third-order valence-corrected chi connectivity index (χ3v) is 3.07. The van der Waals surface area contributed by atoms with Gasteiger partial charge in [0.25, 0.3) is 0 Å². The second-order valence-corrected chi connectivity index (χ2v) is 4.52. The molecule has 0 bridgehead atoms. The van der Waals surface area contributed by atoms with E-state index in [2.05, 4.69) is 5.32 Å². The summed E-state index contributed by atoms with van der Waals surface area (Å²) in [4.78, 5) is 22.6. The van der Waals surface area contributed by atoms with Gasteiger partial charge in [0.15, 0.2) is 5.78 Å². The van der Waals surface area contributed by atoms with E-state index >= 15 is 0 Å². The second kappa shape index (κ2) is 4.04. The summed E-state index contributed by atoms with van der Waals surface area (Å²) in [5.74, 6) is 0.0166. The van der Waals surface area contributed by atoms with Crippen molar-refractivity contribution in [3.8, 4) is 0 Å². The molecule has 0 spiro atoms. The van der Waals surface area contributed by atoms with Crippen LogP contribution in [0.1, 0.15) is 33.6 Å². The van der Waals surface area contributed by atoms with E-state index in [9.17, 15) is 9.59 Å². The molecule has 0 radical (unpaired) electrons. The number of nitrogens with one attached hydrogen (secondary N) is 1. The molecule has 0 aromatic heterocycles. The van der Waals surface area contributed by atoms with E-state index in [1.165, 1.54) is 13.1 Å². The van der Waals surface area contributed by atoms with Crippen LogP contribution in [0.4, 0.5) is 0 Å². The zero-order chi connectivity index (χ0) is 11.6. The minimum atomic E-state index is -0.379. The minimum Gasteiger partial charge on any atom is -0.404 e. The number of hydrogen-bond donors (Lipinski definition) is 2. The van der Waals surface area contributed by atoms with Crippen LogP contribution >= 0.6 is 0 Å². The summed E-state index contributed by atoms with van der Waals surface area (Å²) in [5, 5.41) is 2.87. The summed E-state index contributed by atoms with van der Waals surface area (Å²) < 4.78 is 0. The topological polar surface area (TPSA) is 72.2 Å². The molecule has 1 amide bonds. The fourth-order valence-corrected chi connectivity index (χ4v) is 2.12. The van der Waals surface area contributed by atoms with Crippen molar-refractivity contribution < 1.29 is 9.59 Å². The summed E-state index contributed by atoms with van der Waals surface area (Å²) in [7, 11) is 0. The zero-order valence-electron chi connectivity index (χ0n) is 9.46. The number of hydrogen-bond acceptors (Lipinski definition) is 3. The van der Waals surface area contributed by atoms with Gasteiger partial charge in [-0.05, 0) is 6.42 Å². The summed E-state index contributed by atoms with van der Waals surface area (Å²) in [6, 6.07) is -0.0116. The van der Waals surface area contributed by atoms with Crippen molar-refractivity contribution in [3.63, 3.8) is 0 Å². The molecule has 15 heavy (non-hydrogen) atoms. The molecule has 84 valence electrons. The summed E-state index contributed by atoms with van der Waals surface area (Å²) in [5.41, 5.74) is 5.71. The Morgan fingerprint density at radius 3 is 2.67 bits per heavy atom. The molecule has 1 unspecified atom stereocenters. The molecule has 1 aliphatic carbocycles. The molecular weight excluding hydrogens is 192 g/mol. The Kier molecular flexibility index (Phi) is 3.17. The van der Waals surface area contributed by atoms with Gasteiger partial charge < -0.3 is 11.1 Å². The van der Waals surface area contributed by atoms with Crippen LogP contribution in [0.2, 0.25) is 0 Å². The van der Waals surface area contributed by atoms with Gasteiger partial charge >= 0.3 is 0 Å². The Bertz CT molecular complexity index is 319. The Hall–Kier alpha value is -1.32. The highest BCUT2D eigenvalue weighted by atomic mass is 16.1. The molecule has 4 heteroatoms. The van der Waals surface area contributed by atoms with Crippen molar-refractivity contribution >= 4 is 11.7 Å². The molecule has 3 N–H and O–H groups in total. The van der Waals surface area contributed by atoms with E-state index < -0.39 is 0 Å². The highest BCUT2D eigenvalue weighted by Gasteiger charge is 2.40. The van der Waals surface area contributed by atoms with E-state index in [4.69, 9.17) is 5.73 Å². The normalized spacial score (nSPS) is 27.8. The van der Waals surface area contributed by atoms with Gasteiger partial charge in [-0.25, -0.2) is 0 Å². The standard InChI is InChI=1S/C11H18N2O2/c1-7(14)13-10-5-4-9(15)8(6-12)11(10,2)3/h6,10H,4-5,12H2,1-3H3,(H,13,14). The second-order valence-electron chi connectivity index (χ2n) is 4.52. The van der Waals surface area contributed by atoms with E-state index in [0.29, 0.717) is 18.4 Å². The first-order chi connectivity index (χ1) is 6.89. The molecular formula is C11H18N2O2. The zero-order valence-corrected chi connectivity index (χ0v) is 9.46. The van der Waals surface area contributed by atoms with Crippen molar-refractivity contribution in [2.24, 2.45) is 11.1 Å². The van der Waals surface area contributed by atoms with Crippen LogP contribution in [0.15, 0.2) is 11.8 Å². The fraction of sp³-hybridized carbons (Fsp3) is 0.636. The van der Waals surface area contributed by atoms with E-state index in [-0.39, 0.29) is 23.1 Å². The quantitative estimate of drug-likeness (QED) is 0.626.